The van der Waals surface area contributed by atoms with Crippen molar-refractivity contribution in [1.29, 1.82) is 0 Å². The molecule has 1 aromatic heterocycles. The Hall–Kier alpha value is -0.630. The number of halogens is 2. The fraction of sp³-hybridized carbons (Fsp3) is 0.375. The first kappa shape index (κ1) is 10.4. The summed E-state index contributed by atoms with van der Waals surface area (Å²) in [6.45, 7) is 5.73. The second-order valence-corrected chi connectivity index (χ2v) is 2.11. The molecule has 11 heavy (non-hydrogen) atoms. The van der Waals surface area contributed by atoms with E-state index in [2.05, 4.69) is 4.98 Å². The summed E-state index contributed by atoms with van der Waals surface area (Å²) in [6.07, 6.45) is 1.39. The standard InChI is InChI=1S/C6H5ClFN.C2H6/c1-4-2-3-9-6(8)5(4)7;1-2/h2-3H,1H3;1-2H3. The van der Waals surface area contributed by atoms with Crippen LogP contribution in [0.25, 0.3) is 0 Å². The molecule has 0 aromatic carbocycles. The summed E-state index contributed by atoms with van der Waals surface area (Å²) in [5, 5.41) is 0.109. The van der Waals surface area contributed by atoms with Crippen LogP contribution in [0.1, 0.15) is 19.4 Å². The van der Waals surface area contributed by atoms with Crippen LogP contribution in [0.3, 0.4) is 0 Å². The Bertz CT molecular complexity index is 205. The van der Waals surface area contributed by atoms with Crippen molar-refractivity contribution >= 4 is 11.6 Å². The van der Waals surface area contributed by atoms with Gasteiger partial charge >= 0.3 is 0 Å². The number of nitrogens with zero attached hydrogens (tertiary/aromatic N) is 1. The van der Waals surface area contributed by atoms with Gasteiger partial charge in [0, 0.05) is 6.20 Å². The van der Waals surface area contributed by atoms with Crippen LogP contribution in [0.5, 0.6) is 0 Å². The average molecular weight is 176 g/mol. The first-order valence-electron chi connectivity index (χ1n) is 3.48. The van der Waals surface area contributed by atoms with Gasteiger partial charge in [-0.05, 0) is 18.6 Å². The van der Waals surface area contributed by atoms with E-state index >= 15 is 0 Å². The van der Waals surface area contributed by atoms with E-state index in [1.165, 1.54) is 6.20 Å². The van der Waals surface area contributed by atoms with E-state index in [4.69, 9.17) is 11.6 Å². The predicted molar refractivity (Wildman–Crippen MR) is 45.3 cm³/mol. The summed E-state index contributed by atoms with van der Waals surface area (Å²) in [5.41, 5.74) is 0.712. The first-order valence-corrected chi connectivity index (χ1v) is 3.86. The van der Waals surface area contributed by atoms with Crippen molar-refractivity contribution in [1.82, 2.24) is 4.98 Å². The van der Waals surface area contributed by atoms with Crippen LogP contribution in [-0.2, 0) is 0 Å². The van der Waals surface area contributed by atoms with Gasteiger partial charge < -0.3 is 0 Å². The maximum Gasteiger partial charge on any atom is 0.231 e. The molecule has 1 nitrogen and oxygen atoms in total. The molecule has 0 aliphatic rings. The van der Waals surface area contributed by atoms with E-state index in [0.717, 1.165) is 0 Å². The summed E-state index contributed by atoms with van der Waals surface area (Å²) in [7, 11) is 0. The average Bonchev–Trinajstić information content (AvgIpc) is 2.04. The van der Waals surface area contributed by atoms with Gasteiger partial charge in [0.05, 0.1) is 5.02 Å². The normalized spacial score (nSPS) is 8.45. The molecule has 0 aliphatic carbocycles. The van der Waals surface area contributed by atoms with E-state index in [1.54, 1.807) is 13.0 Å². The number of pyridine rings is 1. The maximum absolute atomic E-state index is 12.3. The lowest BCUT2D eigenvalue weighted by Crippen LogP contribution is -1.84. The molecule has 1 aromatic rings. The minimum Gasteiger partial charge on any atom is -0.227 e. The second-order valence-electron chi connectivity index (χ2n) is 1.73. The topological polar surface area (TPSA) is 12.9 Å². The zero-order valence-corrected chi connectivity index (χ0v) is 7.61. The second kappa shape index (κ2) is 5.08. The van der Waals surface area contributed by atoms with Crippen molar-refractivity contribution in [2.24, 2.45) is 0 Å². The van der Waals surface area contributed by atoms with Crippen molar-refractivity contribution in [2.45, 2.75) is 20.8 Å². The molecule has 0 saturated heterocycles. The molecule has 0 saturated carbocycles. The van der Waals surface area contributed by atoms with Gasteiger partial charge in [0.15, 0.2) is 0 Å². The molecule has 0 aliphatic heterocycles. The Morgan fingerprint density at radius 3 is 2.36 bits per heavy atom. The first-order chi connectivity index (χ1) is 5.22. The van der Waals surface area contributed by atoms with Crippen molar-refractivity contribution in [2.75, 3.05) is 0 Å². The Kier molecular flexibility index (Phi) is 4.79. The molecular formula is C8H11ClFN. The monoisotopic (exact) mass is 175 g/mol. The summed E-state index contributed by atoms with van der Waals surface area (Å²) >= 11 is 5.44. The molecular weight excluding hydrogens is 165 g/mol. The number of aryl methyl sites for hydroxylation is 1. The molecule has 0 atom stereocenters. The largest absolute Gasteiger partial charge is 0.231 e. The number of hydrogen-bond acceptors (Lipinski definition) is 1. The van der Waals surface area contributed by atoms with Gasteiger partial charge in [-0.3, -0.25) is 0 Å². The highest BCUT2D eigenvalue weighted by atomic mass is 35.5. The molecule has 1 heterocycles. The van der Waals surface area contributed by atoms with Crippen molar-refractivity contribution in [3.8, 4) is 0 Å². The van der Waals surface area contributed by atoms with E-state index in [9.17, 15) is 4.39 Å². The Morgan fingerprint density at radius 1 is 1.45 bits per heavy atom. The van der Waals surface area contributed by atoms with Crippen LogP contribution in [0.15, 0.2) is 12.3 Å². The van der Waals surface area contributed by atoms with Crippen LogP contribution in [0.4, 0.5) is 4.39 Å². The molecule has 0 N–H and O–H groups in total. The highest BCUT2D eigenvalue weighted by Gasteiger charge is 2.00. The molecule has 0 radical (unpaired) electrons. The van der Waals surface area contributed by atoms with Crippen LogP contribution in [0, 0.1) is 12.9 Å². The third kappa shape index (κ3) is 2.85. The van der Waals surface area contributed by atoms with Gasteiger partial charge in [-0.25, -0.2) is 4.98 Å². The minimum atomic E-state index is -0.600. The quantitative estimate of drug-likeness (QED) is 0.552. The molecule has 62 valence electrons. The molecule has 0 spiro atoms. The van der Waals surface area contributed by atoms with Crippen LogP contribution in [-0.4, -0.2) is 4.98 Å². The van der Waals surface area contributed by atoms with Gasteiger partial charge in [-0.2, -0.15) is 4.39 Å². The number of aromatic nitrogens is 1. The highest BCUT2D eigenvalue weighted by molar-refractivity contribution is 6.31. The highest BCUT2D eigenvalue weighted by Crippen LogP contribution is 2.15. The Labute approximate surface area is 71.2 Å². The SMILES string of the molecule is CC.Cc1ccnc(F)c1Cl. The van der Waals surface area contributed by atoms with E-state index in [1.807, 2.05) is 13.8 Å². The Balaban J connectivity index is 0.000000461. The van der Waals surface area contributed by atoms with Gasteiger partial charge in [0.25, 0.3) is 0 Å². The van der Waals surface area contributed by atoms with Gasteiger partial charge in [0.1, 0.15) is 0 Å². The number of hydrogen-bond donors (Lipinski definition) is 0. The molecule has 1 rings (SSSR count). The van der Waals surface area contributed by atoms with Crippen molar-refractivity contribution in [3.05, 3.63) is 28.8 Å². The lowest BCUT2D eigenvalue weighted by atomic mass is 10.3. The third-order valence-electron chi connectivity index (χ3n) is 1.04. The molecule has 0 amide bonds. The molecule has 0 fully saturated rings. The third-order valence-corrected chi connectivity index (χ3v) is 1.49. The predicted octanol–water partition coefficient (Wildman–Crippen LogP) is 3.21. The summed E-state index contributed by atoms with van der Waals surface area (Å²) in [6, 6.07) is 1.66. The van der Waals surface area contributed by atoms with E-state index < -0.39 is 5.95 Å². The Morgan fingerprint density at radius 2 is 2.00 bits per heavy atom. The number of rotatable bonds is 0. The maximum atomic E-state index is 12.3. The molecule has 3 heteroatoms. The fourth-order valence-electron chi connectivity index (χ4n) is 0.507. The van der Waals surface area contributed by atoms with Gasteiger partial charge in [0.2, 0.25) is 5.95 Å². The molecule has 0 bridgehead atoms. The smallest absolute Gasteiger partial charge is 0.227 e. The van der Waals surface area contributed by atoms with E-state index in [0.29, 0.717) is 5.56 Å². The minimum absolute atomic E-state index is 0.109. The lowest BCUT2D eigenvalue weighted by Gasteiger charge is -1.94. The zero-order valence-electron chi connectivity index (χ0n) is 6.86. The van der Waals surface area contributed by atoms with Gasteiger partial charge in [-0.1, -0.05) is 25.4 Å². The lowest BCUT2D eigenvalue weighted by molar-refractivity contribution is 0.583. The fourth-order valence-corrected chi connectivity index (χ4v) is 0.619. The van der Waals surface area contributed by atoms with Crippen LogP contribution in [0.2, 0.25) is 5.02 Å². The summed E-state index contributed by atoms with van der Waals surface area (Å²) < 4.78 is 12.3. The summed E-state index contributed by atoms with van der Waals surface area (Å²) in [4.78, 5) is 3.34. The van der Waals surface area contributed by atoms with Crippen LogP contribution >= 0.6 is 11.6 Å². The molecule has 0 unspecified atom stereocenters. The van der Waals surface area contributed by atoms with Crippen molar-refractivity contribution < 1.29 is 4.39 Å². The van der Waals surface area contributed by atoms with Gasteiger partial charge in [-0.15, -0.1) is 0 Å². The summed E-state index contributed by atoms with van der Waals surface area (Å²) in [5.74, 6) is -0.600. The van der Waals surface area contributed by atoms with Crippen molar-refractivity contribution in [3.63, 3.8) is 0 Å². The van der Waals surface area contributed by atoms with Crippen LogP contribution < -0.4 is 0 Å². The van der Waals surface area contributed by atoms with E-state index in [-0.39, 0.29) is 5.02 Å². The zero-order chi connectivity index (χ0) is 8.85.